The third-order valence-corrected chi connectivity index (χ3v) is 10.1. The largest absolute Gasteiger partial charge is 0.479 e. The Balaban J connectivity index is 4.32. The summed E-state index contributed by atoms with van der Waals surface area (Å²) in [5, 5.41) is 12.7. The van der Waals surface area contributed by atoms with Crippen LogP contribution in [0.1, 0.15) is 232 Å². The van der Waals surface area contributed by atoms with Crippen molar-refractivity contribution in [2.24, 2.45) is 0 Å². The highest BCUT2D eigenvalue weighted by atomic mass is 16.5. The minimum atomic E-state index is -2.09. The van der Waals surface area contributed by atoms with Gasteiger partial charge in [0.15, 0.2) is 11.3 Å². The van der Waals surface area contributed by atoms with E-state index in [4.69, 9.17) is 4.74 Å². The second-order valence-corrected chi connectivity index (χ2v) is 14.7. The molecule has 0 aromatic rings. The van der Waals surface area contributed by atoms with Crippen LogP contribution in [0.25, 0.3) is 0 Å². The van der Waals surface area contributed by atoms with Crippen LogP contribution >= 0.6 is 0 Å². The van der Waals surface area contributed by atoms with Crippen molar-refractivity contribution in [3.05, 3.63) is 0 Å². The van der Waals surface area contributed by atoms with Crippen molar-refractivity contribution >= 4 is 23.6 Å². The quantitative estimate of drug-likeness (QED) is 0.0378. The number of unbranched alkanes of at least 4 members (excludes halogenated alkanes) is 28. The Morgan fingerprint density at radius 3 is 1.08 bits per heavy atom. The van der Waals surface area contributed by atoms with E-state index in [-0.39, 0.29) is 25.7 Å². The Kier molecular flexibility index (Phi) is 33.2. The third kappa shape index (κ3) is 27.5. The highest BCUT2D eigenvalue weighted by molar-refractivity contribution is 6.10. The number of carbonyl (C=O) groups excluding carboxylic acids is 3. The van der Waals surface area contributed by atoms with Gasteiger partial charge in [0.1, 0.15) is 0 Å². The molecule has 7 heteroatoms. The number of Topliss-reactive ketones (excluding diaryl/α,β-unsaturated/α-hetero) is 1. The summed E-state index contributed by atoms with van der Waals surface area (Å²) in [4.78, 5) is 50.6. The number of hydrogen-bond acceptors (Lipinski definition) is 5. The van der Waals surface area contributed by atoms with Crippen LogP contribution in [0.2, 0.25) is 0 Å². The van der Waals surface area contributed by atoms with Crippen molar-refractivity contribution in [1.82, 2.24) is 5.32 Å². The van der Waals surface area contributed by atoms with Gasteiger partial charge in [0, 0.05) is 19.3 Å². The summed E-state index contributed by atoms with van der Waals surface area (Å²) in [7, 11) is 1.23. The monoisotopic (exact) mass is 694 g/mol. The number of aliphatic carboxylic acids is 1. The summed E-state index contributed by atoms with van der Waals surface area (Å²) < 4.78 is 4.70. The molecule has 0 aliphatic carbocycles. The number of carbonyl (C=O) groups is 4. The second kappa shape index (κ2) is 34.5. The number of hydrogen-bond donors (Lipinski definition) is 2. The molecule has 0 spiro atoms. The molecule has 0 aliphatic rings. The molecule has 0 saturated heterocycles. The van der Waals surface area contributed by atoms with E-state index in [0.29, 0.717) is 12.8 Å². The van der Waals surface area contributed by atoms with Gasteiger partial charge in [0.2, 0.25) is 5.91 Å². The Hall–Kier alpha value is -1.92. The molecule has 0 aromatic heterocycles. The smallest absolute Gasteiger partial charge is 0.337 e. The van der Waals surface area contributed by atoms with Crippen LogP contribution < -0.4 is 5.32 Å². The number of rotatable bonds is 38. The normalized spacial score (nSPS) is 12.5. The van der Waals surface area contributed by atoms with E-state index in [2.05, 4.69) is 19.2 Å². The molecule has 0 saturated carbocycles. The second-order valence-electron chi connectivity index (χ2n) is 14.7. The number of ether oxygens (including phenoxy) is 1. The molecule has 0 radical (unpaired) electrons. The van der Waals surface area contributed by atoms with Crippen LogP contribution in [-0.2, 0) is 23.9 Å². The molecule has 288 valence electrons. The zero-order valence-electron chi connectivity index (χ0n) is 32.5. The average molecular weight is 694 g/mol. The van der Waals surface area contributed by atoms with Crippen LogP contribution in [-0.4, -0.2) is 41.4 Å². The Labute approximate surface area is 302 Å². The van der Waals surface area contributed by atoms with Gasteiger partial charge in [-0.15, -0.1) is 0 Å². The first-order valence-electron chi connectivity index (χ1n) is 21.0. The van der Waals surface area contributed by atoms with Crippen molar-refractivity contribution in [2.75, 3.05) is 7.11 Å². The molecule has 0 rings (SSSR count). The van der Waals surface area contributed by atoms with E-state index < -0.39 is 29.2 Å². The topological polar surface area (TPSA) is 110 Å². The molecule has 7 nitrogen and oxygen atoms in total. The maximum atomic E-state index is 13.3. The summed E-state index contributed by atoms with van der Waals surface area (Å²) in [6.45, 7) is 4.51. The summed E-state index contributed by atoms with van der Waals surface area (Å²) in [6.07, 6.45) is 36.2. The summed E-state index contributed by atoms with van der Waals surface area (Å²) >= 11 is 0. The van der Waals surface area contributed by atoms with Crippen LogP contribution in [0.3, 0.4) is 0 Å². The fourth-order valence-corrected chi connectivity index (χ4v) is 6.77. The van der Waals surface area contributed by atoms with Crippen LogP contribution in [0.4, 0.5) is 0 Å². The Morgan fingerprint density at radius 2 is 0.776 bits per heavy atom. The number of amides is 1. The van der Waals surface area contributed by atoms with E-state index in [1.54, 1.807) is 0 Å². The number of ketones is 1. The van der Waals surface area contributed by atoms with Gasteiger partial charge in [0.25, 0.3) is 0 Å². The van der Waals surface area contributed by atoms with Crippen molar-refractivity contribution in [2.45, 2.75) is 238 Å². The third-order valence-electron chi connectivity index (χ3n) is 10.1. The van der Waals surface area contributed by atoms with Gasteiger partial charge in [-0.1, -0.05) is 194 Å². The van der Waals surface area contributed by atoms with E-state index in [1.165, 1.54) is 148 Å². The van der Waals surface area contributed by atoms with Crippen molar-refractivity contribution in [3.63, 3.8) is 0 Å². The number of esters is 1. The lowest BCUT2D eigenvalue weighted by atomic mass is 9.85. The van der Waals surface area contributed by atoms with Crippen molar-refractivity contribution < 1.29 is 29.0 Å². The SMILES string of the molecule is CCCCCCCCCCCCCCCCCC(=O)N[C@@](CCC(=O)OC)(C(=O)O)C(=O)CCCCCCCCCCCCCCCCC. The van der Waals surface area contributed by atoms with Gasteiger partial charge in [-0.25, -0.2) is 4.79 Å². The molecule has 2 N–H and O–H groups in total. The minimum Gasteiger partial charge on any atom is -0.479 e. The van der Waals surface area contributed by atoms with E-state index in [1.807, 2.05) is 0 Å². The number of methoxy groups -OCH3 is 1. The first-order chi connectivity index (χ1) is 23.8. The van der Waals surface area contributed by atoms with Gasteiger partial charge < -0.3 is 15.2 Å². The van der Waals surface area contributed by atoms with Gasteiger partial charge in [-0.05, 0) is 19.3 Å². The van der Waals surface area contributed by atoms with Gasteiger partial charge >= 0.3 is 11.9 Å². The summed E-state index contributed by atoms with van der Waals surface area (Å²) in [6, 6.07) is 0. The maximum absolute atomic E-state index is 13.3. The van der Waals surface area contributed by atoms with Crippen molar-refractivity contribution in [1.29, 1.82) is 0 Å². The average Bonchev–Trinajstić information content (AvgIpc) is 3.09. The fraction of sp³-hybridized carbons (Fsp3) is 0.905. The van der Waals surface area contributed by atoms with Gasteiger partial charge in [0.05, 0.1) is 7.11 Å². The molecule has 0 aliphatic heterocycles. The first-order valence-corrected chi connectivity index (χ1v) is 21.0. The zero-order chi connectivity index (χ0) is 36.3. The molecular formula is C42H79NO6. The lowest BCUT2D eigenvalue weighted by Crippen LogP contribution is -2.60. The van der Waals surface area contributed by atoms with E-state index in [0.717, 1.165) is 38.5 Å². The van der Waals surface area contributed by atoms with E-state index in [9.17, 15) is 24.3 Å². The number of carboxylic acids is 1. The molecule has 0 unspecified atom stereocenters. The molecular weight excluding hydrogens is 614 g/mol. The predicted octanol–water partition coefficient (Wildman–Crippen LogP) is 12.0. The molecule has 0 bridgehead atoms. The molecule has 0 aromatic carbocycles. The molecule has 0 heterocycles. The van der Waals surface area contributed by atoms with Crippen LogP contribution in [0, 0.1) is 0 Å². The molecule has 1 amide bonds. The van der Waals surface area contributed by atoms with Crippen molar-refractivity contribution in [3.8, 4) is 0 Å². The highest BCUT2D eigenvalue weighted by Gasteiger charge is 2.46. The predicted molar refractivity (Wildman–Crippen MR) is 204 cm³/mol. The summed E-state index contributed by atoms with van der Waals surface area (Å²) in [5.74, 6) is -2.95. The minimum absolute atomic E-state index is 0.0744. The van der Waals surface area contributed by atoms with E-state index >= 15 is 0 Å². The Bertz CT molecular complexity index is 815. The zero-order valence-corrected chi connectivity index (χ0v) is 32.5. The van der Waals surface area contributed by atoms with Gasteiger partial charge in [-0.2, -0.15) is 0 Å². The standard InChI is InChI=1S/C42H79NO6/c1-4-6-8-10-12-14-16-18-20-22-24-26-28-30-32-34-38(44)42(41(47)48,37-36-40(46)49-3)43-39(45)35-33-31-29-27-25-23-21-19-17-15-13-11-9-7-5-2/h4-37H2,1-3H3,(H,43,45)(H,47,48)/t42-/m1/s1. The molecule has 1 atom stereocenters. The lowest BCUT2D eigenvalue weighted by molar-refractivity contribution is -0.154. The molecule has 49 heavy (non-hydrogen) atoms. The molecule has 0 fully saturated rings. The Morgan fingerprint density at radius 1 is 0.469 bits per heavy atom. The fourth-order valence-electron chi connectivity index (χ4n) is 6.77. The highest BCUT2D eigenvalue weighted by Crippen LogP contribution is 2.22. The number of nitrogens with one attached hydrogen (secondary N) is 1. The van der Waals surface area contributed by atoms with Crippen LogP contribution in [0.5, 0.6) is 0 Å². The van der Waals surface area contributed by atoms with Crippen LogP contribution in [0.15, 0.2) is 0 Å². The van der Waals surface area contributed by atoms with Gasteiger partial charge in [-0.3, -0.25) is 14.4 Å². The number of carboxylic acid groups (broad SMARTS) is 1. The maximum Gasteiger partial charge on any atom is 0.337 e. The first kappa shape index (κ1) is 47.1. The summed E-state index contributed by atoms with van der Waals surface area (Å²) in [5.41, 5.74) is -2.09. The lowest BCUT2D eigenvalue weighted by Gasteiger charge is -2.29.